The summed E-state index contributed by atoms with van der Waals surface area (Å²) in [5.41, 5.74) is -0.777. The van der Waals surface area contributed by atoms with Gasteiger partial charge in [0.25, 0.3) is 5.69 Å². The van der Waals surface area contributed by atoms with E-state index in [0.717, 1.165) is 18.2 Å². The fourth-order valence-electron chi connectivity index (χ4n) is 1.62. The number of anilines is 1. The Morgan fingerprint density at radius 2 is 1.95 bits per heavy atom. The average Bonchev–Trinajstić information content (AvgIpc) is 2.33. The van der Waals surface area contributed by atoms with E-state index in [1.807, 2.05) is 0 Å². The summed E-state index contributed by atoms with van der Waals surface area (Å²) in [7, 11) is 0. The fourth-order valence-corrected chi connectivity index (χ4v) is 1.62. The van der Waals surface area contributed by atoms with Crippen LogP contribution in [0.1, 0.15) is 31.1 Å². The van der Waals surface area contributed by atoms with Gasteiger partial charge in [-0.2, -0.15) is 0 Å². The maximum atomic E-state index is 11.7. The summed E-state index contributed by atoms with van der Waals surface area (Å²) in [4.78, 5) is 32.8. The van der Waals surface area contributed by atoms with Crippen LogP contribution in [-0.4, -0.2) is 34.0 Å². The molecule has 0 heterocycles. The van der Waals surface area contributed by atoms with Crippen LogP contribution in [0.15, 0.2) is 18.2 Å². The number of nitrogens with one attached hydrogen (secondary N) is 2. The van der Waals surface area contributed by atoms with Crippen molar-refractivity contribution in [3.63, 3.8) is 0 Å². The SMILES string of the molecule is CC(C)(C)NC(=O)CNc1cc([N+](=O)[O-])ccc1C(=O)O. The second-order valence-corrected chi connectivity index (χ2v) is 5.44. The molecule has 0 saturated carbocycles. The molecule has 0 bridgehead atoms. The highest BCUT2D eigenvalue weighted by molar-refractivity contribution is 5.95. The first-order valence-corrected chi connectivity index (χ1v) is 6.17. The van der Waals surface area contributed by atoms with E-state index in [-0.39, 0.29) is 29.4 Å². The van der Waals surface area contributed by atoms with Crippen molar-refractivity contribution in [2.75, 3.05) is 11.9 Å². The van der Waals surface area contributed by atoms with Crippen LogP contribution in [0.25, 0.3) is 0 Å². The van der Waals surface area contributed by atoms with Gasteiger partial charge in [0.15, 0.2) is 0 Å². The Hall–Kier alpha value is -2.64. The Morgan fingerprint density at radius 1 is 1.33 bits per heavy atom. The molecule has 8 heteroatoms. The van der Waals surface area contributed by atoms with Crippen LogP contribution in [0.2, 0.25) is 0 Å². The lowest BCUT2D eigenvalue weighted by Gasteiger charge is -2.21. The highest BCUT2D eigenvalue weighted by Gasteiger charge is 2.17. The lowest BCUT2D eigenvalue weighted by molar-refractivity contribution is -0.384. The number of amides is 1. The molecule has 1 amide bonds. The van der Waals surface area contributed by atoms with Gasteiger partial charge in [0.1, 0.15) is 0 Å². The number of carbonyl (C=O) groups is 2. The third-order valence-corrected chi connectivity index (χ3v) is 2.40. The number of rotatable bonds is 5. The van der Waals surface area contributed by atoms with Crippen molar-refractivity contribution in [1.82, 2.24) is 5.32 Å². The number of hydrogen-bond acceptors (Lipinski definition) is 5. The van der Waals surface area contributed by atoms with Crippen LogP contribution in [0.5, 0.6) is 0 Å². The van der Waals surface area contributed by atoms with E-state index >= 15 is 0 Å². The Morgan fingerprint density at radius 3 is 2.43 bits per heavy atom. The summed E-state index contributed by atoms with van der Waals surface area (Å²) >= 11 is 0. The number of aromatic carboxylic acids is 1. The topological polar surface area (TPSA) is 122 Å². The van der Waals surface area contributed by atoms with Crippen molar-refractivity contribution in [2.45, 2.75) is 26.3 Å². The van der Waals surface area contributed by atoms with Gasteiger partial charge in [0, 0.05) is 17.7 Å². The summed E-state index contributed by atoms with van der Waals surface area (Å²) in [5.74, 6) is -1.58. The Kier molecular flexibility index (Phi) is 4.85. The van der Waals surface area contributed by atoms with Crippen LogP contribution in [0, 0.1) is 10.1 Å². The summed E-state index contributed by atoms with van der Waals surface area (Å²) in [6.45, 7) is 5.24. The molecule has 1 aromatic carbocycles. The number of hydrogen-bond donors (Lipinski definition) is 3. The molecule has 0 atom stereocenters. The molecule has 114 valence electrons. The molecule has 1 aromatic rings. The molecule has 0 aliphatic rings. The van der Waals surface area contributed by atoms with E-state index in [0.29, 0.717) is 0 Å². The van der Waals surface area contributed by atoms with E-state index < -0.39 is 16.4 Å². The second kappa shape index (κ2) is 6.21. The van der Waals surface area contributed by atoms with Crippen LogP contribution in [-0.2, 0) is 4.79 Å². The summed E-state index contributed by atoms with van der Waals surface area (Å²) < 4.78 is 0. The fraction of sp³-hybridized carbons (Fsp3) is 0.385. The van der Waals surface area contributed by atoms with E-state index in [4.69, 9.17) is 5.11 Å². The maximum absolute atomic E-state index is 11.7. The minimum atomic E-state index is -1.23. The van der Waals surface area contributed by atoms with Crippen molar-refractivity contribution < 1.29 is 19.6 Å². The van der Waals surface area contributed by atoms with Crippen molar-refractivity contribution in [1.29, 1.82) is 0 Å². The standard InChI is InChI=1S/C13H17N3O5/c1-13(2,3)15-11(17)7-14-10-6-8(16(20)21)4-5-9(10)12(18)19/h4-6,14H,7H2,1-3H3,(H,15,17)(H,18,19). The van der Waals surface area contributed by atoms with Crippen LogP contribution >= 0.6 is 0 Å². The average molecular weight is 295 g/mol. The monoisotopic (exact) mass is 295 g/mol. The molecule has 3 N–H and O–H groups in total. The van der Waals surface area contributed by atoms with E-state index in [2.05, 4.69) is 10.6 Å². The Balaban J connectivity index is 2.90. The number of carboxylic acids is 1. The van der Waals surface area contributed by atoms with Gasteiger partial charge in [-0.15, -0.1) is 0 Å². The lowest BCUT2D eigenvalue weighted by atomic mass is 10.1. The third kappa shape index (κ3) is 5.09. The number of non-ortho nitro benzene ring substituents is 1. The molecule has 8 nitrogen and oxygen atoms in total. The Labute approximate surface area is 121 Å². The molecule has 0 saturated heterocycles. The zero-order valence-corrected chi connectivity index (χ0v) is 12.0. The molecule has 0 spiro atoms. The number of carboxylic acid groups (broad SMARTS) is 1. The molecule has 21 heavy (non-hydrogen) atoms. The third-order valence-electron chi connectivity index (χ3n) is 2.40. The summed E-state index contributed by atoms with van der Waals surface area (Å²) in [6, 6.07) is 3.32. The van der Waals surface area contributed by atoms with Crippen molar-refractivity contribution in [2.24, 2.45) is 0 Å². The quantitative estimate of drug-likeness (QED) is 0.560. The van der Waals surface area contributed by atoms with Crippen molar-refractivity contribution in [3.05, 3.63) is 33.9 Å². The largest absolute Gasteiger partial charge is 0.478 e. The zero-order chi connectivity index (χ0) is 16.2. The van der Waals surface area contributed by atoms with Gasteiger partial charge in [-0.3, -0.25) is 14.9 Å². The van der Waals surface area contributed by atoms with Crippen LogP contribution < -0.4 is 10.6 Å². The van der Waals surface area contributed by atoms with Gasteiger partial charge < -0.3 is 15.7 Å². The number of benzene rings is 1. The molecular weight excluding hydrogens is 278 g/mol. The highest BCUT2D eigenvalue weighted by Crippen LogP contribution is 2.22. The normalized spacial score (nSPS) is 10.8. The minimum absolute atomic E-state index is 0.0285. The lowest BCUT2D eigenvalue weighted by Crippen LogP contribution is -2.43. The number of carbonyl (C=O) groups excluding carboxylic acids is 1. The summed E-state index contributed by atoms with van der Waals surface area (Å²) in [6.07, 6.45) is 0. The summed E-state index contributed by atoms with van der Waals surface area (Å²) in [5, 5.41) is 25.1. The molecular formula is C13H17N3O5. The predicted molar refractivity (Wildman–Crippen MR) is 76.4 cm³/mol. The smallest absolute Gasteiger partial charge is 0.337 e. The molecule has 0 aliphatic heterocycles. The Bertz CT molecular complexity index is 578. The van der Waals surface area contributed by atoms with Gasteiger partial charge in [-0.05, 0) is 26.8 Å². The van der Waals surface area contributed by atoms with Gasteiger partial charge in [0.2, 0.25) is 5.91 Å². The van der Waals surface area contributed by atoms with E-state index in [1.165, 1.54) is 0 Å². The van der Waals surface area contributed by atoms with Gasteiger partial charge >= 0.3 is 5.97 Å². The number of nitrogens with zero attached hydrogens (tertiary/aromatic N) is 1. The number of nitro benzene ring substituents is 1. The van der Waals surface area contributed by atoms with Gasteiger partial charge in [0.05, 0.1) is 22.7 Å². The minimum Gasteiger partial charge on any atom is -0.478 e. The van der Waals surface area contributed by atoms with Gasteiger partial charge in [-0.25, -0.2) is 4.79 Å². The van der Waals surface area contributed by atoms with Crippen LogP contribution in [0.3, 0.4) is 0 Å². The first-order chi connectivity index (χ1) is 9.60. The maximum Gasteiger partial charge on any atom is 0.337 e. The molecule has 1 rings (SSSR count). The molecule has 0 aliphatic carbocycles. The first-order valence-electron chi connectivity index (χ1n) is 6.17. The predicted octanol–water partition coefficient (Wildman–Crippen LogP) is 1.62. The molecule has 0 aromatic heterocycles. The molecule has 0 fully saturated rings. The van der Waals surface area contributed by atoms with E-state index in [9.17, 15) is 19.7 Å². The van der Waals surface area contributed by atoms with Crippen LogP contribution in [0.4, 0.5) is 11.4 Å². The molecule has 0 radical (unpaired) electrons. The van der Waals surface area contributed by atoms with Crippen molar-refractivity contribution >= 4 is 23.3 Å². The first kappa shape index (κ1) is 16.4. The second-order valence-electron chi connectivity index (χ2n) is 5.44. The van der Waals surface area contributed by atoms with Crippen molar-refractivity contribution in [3.8, 4) is 0 Å². The van der Waals surface area contributed by atoms with Gasteiger partial charge in [-0.1, -0.05) is 0 Å². The highest BCUT2D eigenvalue weighted by atomic mass is 16.6. The number of nitro groups is 1. The zero-order valence-electron chi connectivity index (χ0n) is 12.0. The van der Waals surface area contributed by atoms with E-state index in [1.54, 1.807) is 20.8 Å². The molecule has 0 unspecified atom stereocenters.